The van der Waals surface area contributed by atoms with Crippen molar-refractivity contribution in [2.45, 2.75) is 45.8 Å². The van der Waals surface area contributed by atoms with Crippen LogP contribution >= 0.6 is 0 Å². The van der Waals surface area contributed by atoms with Crippen LogP contribution in [0.3, 0.4) is 0 Å². The Bertz CT molecular complexity index is 943. The second-order valence-electron chi connectivity index (χ2n) is 8.84. The topological polar surface area (TPSA) is 105 Å². The lowest BCUT2D eigenvalue weighted by Gasteiger charge is -2.36. The van der Waals surface area contributed by atoms with Crippen LogP contribution in [0.5, 0.6) is 0 Å². The first-order chi connectivity index (χ1) is 15.1. The zero-order valence-electron chi connectivity index (χ0n) is 19.0. The maximum absolute atomic E-state index is 13.3. The third-order valence-electron chi connectivity index (χ3n) is 4.99. The number of nitrogens with one attached hydrogen (secondary N) is 1. The molecule has 2 aromatic rings. The molecule has 3 amide bonds. The molecule has 9 nitrogen and oxygen atoms in total. The Balaban J connectivity index is 1.65. The number of amides is 3. The predicted molar refractivity (Wildman–Crippen MR) is 117 cm³/mol. The van der Waals surface area contributed by atoms with Gasteiger partial charge in [-0.3, -0.25) is 9.59 Å². The first-order valence-electron chi connectivity index (χ1n) is 10.7. The number of hydrogen-bond donors (Lipinski definition) is 1. The highest BCUT2D eigenvalue weighted by atomic mass is 16.6. The molecule has 9 heteroatoms. The van der Waals surface area contributed by atoms with E-state index in [1.165, 1.54) is 0 Å². The predicted octanol–water partition coefficient (Wildman–Crippen LogP) is 2.40. The number of rotatable bonds is 5. The summed E-state index contributed by atoms with van der Waals surface area (Å²) in [7, 11) is 0. The van der Waals surface area contributed by atoms with E-state index in [0.29, 0.717) is 38.3 Å². The summed E-state index contributed by atoms with van der Waals surface area (Å²) in [6.45, 7) is 8.52. The average molecular weight is 443 g/mol. The zero-order chi connectivity index (χ0) is 23.3. The average Bonchev–Trinajstić information content (AvgIpc) is 3.18. The SMILES string of the molecule is Cc1cc(C(=O)N2CCN(C(=O)C(Cc3ccccc3)NC(=O)OC(C)(C)C)CC2)on1. The summed E-state index contributed by atoms with van der Waals surface area (Å²) < 4.78 is 10.4. The van der Waals surface area contributed by atoms with Gasteiger partial charge in [0, 0.05) is 38.7 Å². The monoisotopic (exact) mass is 442 g/mol. The van der Waals surface area contributed by atoms with Gasteiger partial charge < -0.3 is 24.4 Å². The number of carbonyl (C=O) groups excluding carboxylic acids is 3. The van der Waals surface area contributed by atoms with E-state index in [9.17, 15) is 14.4 Å². The van der Waals surface area contributed by atoms with E-state index in [2.05, 4.69) is 10.5 Å². The molecule has 0 saturated carbocycles. The molecule has 1 aliphatic heterocycles. The van der Waals surface area contributed by atoms with Crippen LogP contribution in [0.1, 0.15) is 42.6 Å². The highest BCUT2D eigenvalue weighted by molar-refractivity contribution is 5.92. The zero-order valence-corrected chi connectivity index (χ0v) is 19.0. The molecule has 0 aliphatic carbocycles. The highest BCUT2D eigenvalue weighted by Crippen LogP contribution is 2.14. The molecular weight excluding hydrogens is 412 g/mol. The molecule has 1 N–H and O–H groups in total. The van der Waals surface area contributed by atoms with Crippen molar-refractivity contribution >= 4 is 17.9 Å². The Morgan fingerprint density at radius 2 is 1.72 bits per heavy atom. The standard InChI is InChI=1S/C23H30N4O5/c1-16-14-19(32-25-16)21(29)27-12-10-26(11-13-27)20(28)18(15-17-8-6-5-7-9-17)24-22(30)31-23(2,3)4/h5-9,14,18H,10-13,15H2,1-4H3,(H,24,30). The fraction of sp³-hybridized carbons (Fsp3) is 0.478. The number of aromatic nitrogens is 1. The normalized spacial score (nSPS) is 15.2. The maximum atomic E-state index is 13.3. The summed E-state index contributed by atoms with van der Waals surface area (Å²) in [5, 5.41) is 6.48. The van der Waals surface area contributed by atoms with E-state index in [1.54, 1.807) is 43.6 Å². The Hall–Kier alpha value is -3.36. The Kier molecular flexibility index (Phi) is 7.17. The lowest BCUT2D eigenvalue weighted by molar-refractivity contribution is -0.135. The Morgan fingerprint density at radius 3 is 2.28 bits per heavy atom. The second kappa shape index (κ2) is 9.84. The van der Waals surface area contributed by atoms with E-state index in [-0.39, 0.29) is 17.6 Å². The Morgan fingerprint density at radius 1 is 1.09 bits per heavy atom. The van der Waals surface area contributed by atoms with E-state index in [4.69, 9.17) is 9.26 Å². The van der Waals surface area contributed by atoms with Gasteiger partial charge in [0.2, 0.25) is 11.7 Å². The van der Waals surface area contributed by atoms with Crippen LogP contribution in [-0.2, 0) is 16.0 Å². The van der Waals surface area contributed by atoms with Gasteiger partial charge in [-0.2, -0.15) is 0 Å². The van der Waals surface area contributed by atoms with E-state index in [1.807, 2.05) is 30.3 Å². The van der Waals surface area contributed by atoms with Gasteiger partial charge in [-0.1, -0.05) is 35.5 Å². The van der Waals surface area contributed by atoms with Crippen LogP contribution in [-0.4, -0.2) is 70.7 Å². The fourth-order valence-electron chi connectivity index (χ4n) is 3.47. The van der Waals surface area contributed by atoms with E-state index < -0.39 is 17.7 Å². The third kappa shape index (κ3) is 6.32. The molecule has 1 aromatic heterocycles. The number of benzene rings is 1. The maximum Gasteiger partial charge on any atom is 0.408 e. The van der Waals surface area contributed by atoms with Crippen molar-refractivity contribution in [3.05, 3.63) is 53.4 Å². The van der Waals surface area contributed by atoms with Crippen molar-refractivity contribution in [3.63, 3.8) is 0 Å². The van der Waals surface area contributed by atoms with Gasteiger partial charge in [-0.15, -0.1) is 0 Å². The minimum Gasteiger partial charge on any atom is -0.444 e. The molecule has 0 spiro atoms. The van der Waals surface area contributed by atoms with E-state index in [0.717, 1.165) is 5.56 Å². The summed E-state index contributed by atoms with van der Waals surface area (Å²) >= 11 is 0. The molecule has 1 saturated heterocycles. The molecule has 32 heavy (non-hydrogen) atoms. The number of aryl methyl sites for hydroxylation is 1. The van der Waals surface area contributed by atoms with Crippen LogP contribution in [0.4, 0.5) is 4.79 Å². The molecular formula is C23H30N4O5. The van der Waals surface area contributed by atoms with Crippen molar-refractivity contribution < 1.29 is 23.6 Å². The number of carbonyl (C=O) groups is 3. The molecule has 3 rings (SSSR count). The molecule has 1 aliphatic rings. The smallest absolute Gasteiger partial charge is 0.408 e. The fourth-order valence-corrected chi connectivity index (χ4v) is 3.47. The summed E-state index contributed by atoms with van der Waals surface area (Å²) in [5.74, 6) is -0.261. The number of ether oxygens (including phenoxy) is 1. The quantitative estimate of drug-likeness (QED) is 0.762. The van der Waals surface area contributed by atoms with Gasteiger partial charge in [0.1, 0.15) is 11.6 Å². The minimum absolute atomic E-state index is 0.191. The molecule has 1 atom stereocenters. The summed E-state index contributed by atoms with van der Waals surface area (Å²) in [4.78, 5) is 41.5. The molecule has 1 fully saturated rings. The lowest BCUT2D eigenvalue weighted by atomic mass is 10.0. The molecule has 0 bridgehead atoms. The van der Waals surface area contributed by atoms with Gasteiger partial charge in [0.15, 0.2) is 0 Å². The second-order valence-corrected chi connectivity index (χ2v) is 8.84. The highest BCUT2D eigenvalue weighted by Gasteiger charge is 2.32. The summed E-state index contributed by atoms with van der Waals surface area (Å²) in [5.41, 5.74) is 0.894. The Labute approximate surface area is 187 Å². The van der Waals surface area contributed by atoms with Gasteiger partial charge in [-0.05, 0) is 33.3 Å². The summed E-state index contributed by atoms with van der Waals surface area (Å²) in [6, 6.07) is 10.3. The molecule has 1 unspecified atom stereocenters. The van der Waals surface area contributed by atoms with Crippen LogP contribution in [0, 0.1) is 6.92 Å². The van der Waals surface area contributed by atoms with Crippen LogP contribution < -0.4 is 5.32 Å². The van der Waals surface area contributed by atoms with Crippen molar-refractivity contribution in [1.82, 2.24) is 20.3 Å². The third-order valence-corrected chi connectivity index (χ3v) is 4.99. The summed E-state index contributed by atoms with van der Waals surface area (Å²) in [6.07, 6.45) is -0.295. The lowest BCUT2D eigenvalue weighted by Crippen LogP contribution is -2.56. The van der Waals surface area contributed by atoms with Gasteiger partial charge >= 0.3 is 6.09 Å². The van der Waals surface area contributed by atoms with Crippen LogP contribution in [0.15, 0.2) is 40.9 Å². The van der Waals surface area contributed by atoms with Gasteiger partial charge in [0.05, 0.1) is 5.69 Å². The van der Waals surface area contributed by atoms with Crippen molar-refractivity contribution in [3.8, 4) is 0 Å². The van der Waals surface area contributed by atoms with Crippen LogP contribution in [0.2, 0.25) is 0 Å². The number of piperazine rings is 1. The molecule has 2 heterocycles. The van der Waals surface area contributed by atoms with Crippen LogP contribution in [0.25, 0.3) is 0 Å². The molecule has 1 aromatic carbocycles. The molecule has 0 radical (unpaired) electrons. The van der Waals surface area contributed by atoms with Crippen molar-refractivity contribution in [1.29, 1.82) is 0 Å². The van der Waals surface area contributed by atoms with Gasteiger partial charge in [-0.25, -0.2) is 4.79 Å². The number of hydrogen-bond acceptors (Lipinski definition) is 6. The largest absolute Gasteiger partial charge is 0.444 e. The first kappa shape index (κ1) is 23.3. The molecule has 172 valence electrons. The van der Waals surface area contributed by atoms with Gasteiger partial charge in [0.25, 0.3) is 5.91 Å². The van der Waals surface area contributed by atoms with E-state index >= 15 is 0 Å². The number of alkyl carbamates (subject to hydrolysis) is 1. The van der Waals surface area contributed by atoms with Crippen molar-refractivity contribution in [2.75, 3.05) is 26.2 Å². The minimum atomic E-state index is -0.772. The number of nitrogens with zero attached hydrogens (tertiary/aromatic N) is 3. The van der Waals surface area contributed by atoms with Crippen molar-refractivity contribution in [2.24, 2.45) is 0 Å². The first-order valence-corrected chi connectivity index (χ1v) is 10.7.